The summed E-state index contributed by atoms with van der Waals surface area (Å²) in [6.45, 7) is 2.32. The average molecular weight is 272 g/mol. The van der Waals surface area contributed by atoms with E-state index in [1.165, 1.54) is 0 Å². The molecule has 6 heteroatoms. The molecule has 0 saturated carbocycles. The largest absolute Gasteiger partial charge is 0.480 e. The highest BCUT2D eigenvalue weighted by Crippen LogP contribution is 2.31. The first-order valence-electron chi connectivity index (χ1n) is 6.91. The minimum Gasteiger partial charge on any atom is -0.480 e. The Balaban J connectivity index is 2.59. The van der Waals surface area contributed by atoms with Gasteiger partial charge in [-0.2, -0.15) is 0 Å². The lowest BCUT2D eigenvalue weighted by Gasteiger charge is -2.41. The number of aliphatic carboxylic acids is 1. The van der Waals surface area contributed by atoms with E-state index in [4.69, 9.17) is 10.8 Å². The van der Waals surface area contributed by atoms with Crippen LogP contribution in [0.25, 0.3) is 0 Å². The summed E-state index contributed by atoms with van der Waals surface area (Å²) in [5.41, 5.74) is 4.18. The van der Waals surface area contributed by atoms with Crippen LogP contribution in [0.1, 0.15) is 51.9 Å². The fourth-order valence-corrected chi connectivity index (χ4v) is 2.65. The zero-order valence-electron chi connectivity index (χ0n) is 11.5. The summed E-state index contributed by atoms with van der Waals surface area (Å²) in [4.78, 5) is 23.5. The first-order valence-corrected chi connectivity index (χ1v) is 6.91. The molecule has 0 spiro atoms. The van der Waals surface area contributed by atoms with Gasteiger partial charge in [-0.1, -0.05) is 32.6 Å². The molecule has 2 atom stereocenters. The molecular weight excluding hydrogens is 248 g/mol. The van der Waals surface area contributed by atoms with Crippen LogP contribution in [0.3, 0.4) is 0 Å². The number of rotatable bonds is 6. The van der Waals surface area contributed by atoms with Gasteiger partial charge < -0.3 is 20.8 Å². The third-order valence-corrected chi connectivity index (χ3v) is 3.83. The molecule has 1 heterocycles. The Bertz CT molecular complexity index is 335. The van der Waals surface area contributed by atoms with Gasteiger partial charge in [0, 0.05) is 13.0 Å². The van der Waals surface area contributed by atoms with Gasteiger partial charge in [0.05, 0.1) is 5.60 Å². The molecule has 0 aromatic heterocycles. The normalized spacial score (nSPS) is 27.3. The van der Waals surface area contributed by atoms with E-state index in [1.807, 2.05) is 0 Å². The Morgan fingerprint density at radius 2 is 2.05 bits per heavy atom. The molecule has 4 N–H and O–H groups in total. The van der Waals surface area contributed by atoms with E-state index in [-0.39, 0.29) is 13.0 Å². The van der Waals surface area contributed by atoms with Crippen molar-refractivity contribution in [1.29, 1.82) is 0 Å². The number of primary amides is 1. The number of carbonyl (C=O) groups is 2. The number of hydrogen-bond acceptors (Lipinski definition) is 3. The van der Waals surface area contributed by atoms with E-state index in [1.54, 1.807) is 0 Å². The number of amides is 2. The van der Waals surface area contributed by atoms with Crippen LogP contribution in [0.15, 0.2) is 0 Å². The molecule has 1 fully saturated rings. The van der Waals surface area contributed by atoms with E-state index in [0.717, 1.165) is 30.6 Å². The first kappa shape index (κ1) is 15.8. The van der Waals surface area contributed by atoms with Crippen LogP contribution in [-0.2, 0) is 4.79 Å². The molecule has 2 amide bonds. The fourth-order valence-electron chi connectivity index (χ4n) is 2.65. The minimum absolute atomic E-state index is 0.0669. The second-order valence-corrected chi connectivity index (χ2v) is 5.37. The number of likely N-dealkylation sites (tertiary alicyclic amines) is 1. The Morgan fingerprint density at radius 3 is 2.58 bits per heavy atom. The van der Waals surface area contributed by atoms with Crippen LogP contribution >= 0.6 is 0 Å². The molecule has 19 heavy (non-hydrogen) atoms. The molecule has 1 aliphatic heterocycles. The third kappa shape index (κ3) is 4.38. The molecule has 0 aliphatic carbocycles. The number of unbranched alkanes of at least 4 members (excludes halogenated alkanes) is 3. The monoisotopic (exact) mass is 272 g/mol. The molecule has 1 saturated heterocycles. The van der Waals surface area contributed by atoms with Crippen LogP contribution < -0.4 is 5.73 Å². The number of hydrogen-bond donors (Lipinski definition) is 3. The lowest BCUT2D eigenvalue weighted by molar-refractivity contribution is -0.148. The van der Waals surface area contributed by atoms with Crippen molar-refractivity contribution in [2.24, 2.45) is 5.73 Å². The Labute approximate surface area is 113 Å². The van der Waals surface area contributed by atoms with Gasteiger partial charge in [0.25, 0.3) is 0 Å². The molecular formula is C13H24N2O4. The van der Waals surface area contributed by atoms with E-state index < -0.39 is 23.6 Å². The maximum Gasteiger partial charge on any atom is 0.326 e. The topological polar surface area (TPSA) is 104 Å². The lowest BCUT2D eigenvalue weighted by Crippen LogP contribution is -2.57. The van der Waals surface area contributed by atoms with Crippen LogP contribution in [-0.4, -0.2) is 45.3 Å². The zero-order chi connectivity index (χ0) is 14.5. The van der Waals surface area contributed by atoms with E-state index in [0.29, 0.717) is 12.8 Å². The number of carboxylic acids is 1. The van der Waals surface area contributed by atoms with Gasteiger partial charge in [-0.25, -0.2) is 9.59 Å². The summed E-state index contributed by atoms with van der Waals surface area (Å²) in [5.74, 6) is -1.11. The Hall–Kier alpha value is -1.30. The number of aliphatic hydroxyl groups is 1. The summed E-state index contributed by atoms with van der Waals surface area (Å²) >= 11 is 0. The van der Waals surface area contributed by atoms with Crippen LogP contribution in [0.4, 0.5) is 4.79 Å². The summed E-state index contributed by atoms with van der Waals surface area (Å²) < 4.78 is 0. The standard InChI is InChI=1S/C13H24N2O4/c1-2-3-4-5-6-13(19)7-8-15(12(14)18)10(9-13)11(16)17/h10,19H,2-9H2,1H3,(H2,14,18)(H,16,17). The van der Waals surface area contributed by atoms with Crippen molar-refractivity contribution < 1.29 is 19.8 Å². The van der Waals surface area contributed by atoms with Crippen molar-refractivity contribution in [2.75, 3.05) is 6.54 Å². The van der Waals surface area contributed by atoms with Gasteiger partial charge in [-0.05, 0) is 12.8 Å². The Kier molecular flexibility index (Phi) is 5.60. The van der Waals surface area contributed by atoms with Crippen LogP contribution in [0.2, 0.25) is 0 Å². The number of carbonyl (C=O) groups excluding carboxylic acids is 1. The second kappa shape index (κ2) is 6.75. The SMILES string of the molecule is CCCCCCC1(O)CCN(C(N)=O)C(C(=O)O)C1. The predicted octanol–water partition coefficient (Wildman–Crippen LogP) is 1.32. The van der Waals surface area contributed by atoms with Crippen molar-refractivity contribution >= 4 is 12.0 Å². The summed E-state index contributed by atoms with van der Waals surface area (Å²) in [5, 5.41) is 19.6. The number of nitrogens with zero attached hydrogens (tertiary/aromatic N) is 1. The molecule has 110 valence electrons. The van der Waals surface area contributed by atoms with Gasteiger partial charge in [-0.3, -0.25) is 0 Å². The zero-order valence-corrected chi connectivity index (χ0v) is 11.5. The number of carboxylic acid groups (broad SMARTS) is 1. The van der Waals surface area contributed by atoms with Crippen molar-refractivity contribution in [2.45, 2.75) is 63.5 Å². The van der Waals surface area contributed by atoms with Crippen molar-refractivity contribution in [3.05, 3.63) is 0 Å². The van der Waals surface area contributed by atoms with Gasteiger partial charge >= 0.3 is 12.0 Å². The van der Waals surface area contributed by atoms with Crippen LogP contribution in [0, 0.1) is 0 Å². The maximum absolute atomic E-state index is 11.2. The maximum atomic E-state index is 11.2. The van der Waals surface area contributed by atoms with E-state index >= 15 is 0 Å². The summed E-state index contributed by atoms with van der Waals surface area (Å²) in [6, 6.07) is -1.75. The summed E-state index contributed by atoms with van der Waals surface area (Å²) in [6.07, 6.45) is 5.20. The highest BCUT2D eigenvalue weighted by molar-refractivity contribution is 5.82. The molecule has 0 bridgehead atoms. The van der Waals surface area contributed by atoms with Gasteiger partial charge in [0.2, 0.25) is 0 Å². The van der Waals surface area contributed by atoms with Gasteiger partial charge in [0.15, 0.2) is 0 Å². The van der Waals surface area contributed by atoms with E-state index in [9.17, 15) is 14.7 Å². The van der Waals surface area contributed by atoms with Crippen molar-refractivity contribution in [3.8, 4) is 0 Å². The number of piperidine rings is 1. The van der Waals surface area contributed by atoms with Gasteiger partial charge in [-0.15, -0.1) is 0 Å². The highest BCUT2D eigenvalue weighted by atomic mass is 16.4. The molecule has 1 aliphatic rings. The summed E-state index contributed by atoms with van der Waals surface area (Å²) in [7, 11) is 0. The lowest BCUT2D eigenvalue weighted by atomic mass is 9.82. The molecule has 2 unspecified atom stereocenters. The average Bonchev–Trinajstić information content (AvgIpc) is 2.34. The minimum atomic E-state index is -1.11. The van der Waals surface area contributed by atoms with Crippen molar-refractivity contribution in [1.82, 2.24) is 4.90 Å². The van der Waals surface area contributed by atoms with Crippen LogP contribution in [0.5, 0.6) is 0 Å². The molecule has 6 nitrogen and oxygen atoms in total. The fraction of sp³-hybridized carbons (Fsp3) is 0.846. The number of urea groups is 1. The second-order valence-electron chi connectivity index (χ2n) is 5.37. The Morgan fingerprint density at radius 1 is 1.37 bits per heavy atom. The quantitative estimate of drug-likeness (QED) is 0.634. The smallest absolute Gasteiger partial charge is 0.326 e. The van der Waals surface area contributed by atoms with Crippen molar-refractivity contribution in [3.63, 3.8) is 0 Å². The third-order valence-electron chi connectivity index (χ3n) is 3.83. The number of nitrogens with two attached hydrogens (primary N) is 1. The van der Waals surface area contributed by atoms with E-state index in [2.05, 4.69) is 6.92 Å². The first-order chi connectivity index (χ1) is 8.89. The molecule has 0 aromatic carbocycles. The highest BCUT2D eigenvalue weighted by Gasteiger charge is 2.42. The molecule has 0 aromatic rings. The molecule has 0 radical (unpaired) electrons. The molecule has 1 rings (SSSR count). The van der Waals surface area contributed by atoms with Gasteiger partial charge in [0.1, 0.15) is 6.04 Å². The predicted molar refractivity (Wildman–Crippen MR) is 70.7 cm³/mol.